The van der Waals surface area contributed by atoms with Gasteiger partial charge in [0.1, 0.15) is 5.01 Å². The van der Waals surface area contributed by atoms with Gasteiger partial charge in [0.15, 0.2) is 5.96 Å². The molecule has 0 saturated heterocycles. The average Bonchev–Trinajstić information content (AvgIpc) is 2.96. The minimum atomic E-state index is 0. The highest BCUT2D eigenvalue weighted by Gasteiger charge is 2.07. The van der Waals surface area contributed by atoms with E-state index in [0.29, 0.717) is 25.6 Å². The molecule has 150 valence electrons. The zero-order valence-electron chi connectivity index (χ0n) is 16.5. The first-order valence-electron chi connectivity index (χ1n) is 9.15. The normalized spacial score (nSPS) is 11.0. The molecular weight excluding hydrogens is 473 g/mol. The lowest BCUT2D eigenvalue weighted by atomic mass is 10.3. The van der Waals surface area contributed by atoms with Crippen LogP contribution in [0.25, 0.3) is 0 Å². The molecule has 2 N–H and O–H groups in total. The minimum absolute atomic E-state index is 0. The quantitative estimate of drug-likeness (QED) is 0.232. The van der Waals surface area contributed by atoms with Crippen molar-refractivity contribution in [1.29, 1.82) is 0 Å². The van der Waals surface area contributed by atoms with E-state index in [-0.39, 0.29) is 24.0 Å². The number of nitrogens with one attached hydrogen (secondary N) is 2. The van der Waals surface area contributed by atoms with Crippen LogP contribution in [0.5, 0.6) is 5.88 Å². The number of aryl methyl sites for hydroxylation is 2. The summed E-state index contributed by atoms with van der Waals surface area (Å²) in [5, 5.41) is 7.68. The zero-order chi connectivity index (χ0) is 18.8. The summed E-state index contributed by atoms with van der Waals surface area (Å²) in [5.74, 6) is 1.44. The highest BCUT2D eigenvalue weighted by atomic mass is 127. The molecule has 2 rings (SSSR count). The molecule has 0 atom stereocenters. The van der Waals surface area contributed by atoms with Crippen molar-refractivity contribution in [3.63, 3.8) is 0 Å². The van der Waals surface area contributed by atoms with Crippen LogP contribution < -0.4 is 15.4 Å². The standard InChI is InChI=1S/C19H29N5OS.HI/c1-5-7-11-25-18-16(9-8-10-21-18)12-22-19(20-6-2)23-13-17-24-14(3)15(4)26-17;/h8-10H,5-7,11-13H2,1-4H3,(H2,20,22,23);1H. The largest absolute Gasteiger partial charge is 0.477 e. The van der Waals surface area contributed by atoms with E-state index in [1.807, 2.05) is 19.1 Å². The van der Waals surface area contributed by atoms with Crippen molar-refractivity contribution in [3.05, 3.63) is 39.5 Å². The van der Waals surface area contributed by atoms with Gasteiger partial charge in [0.25, 0.3) is 0 Å². The van der Waals surface area contributed by atoms with Gasteiger partial charge in [0.2, 0.25) is 5.88 Å². The fourth-order valence-electron chi connectivity index (χ4n) is 2.27. The monoisotopic (exact) mass is 503 g/mol. The zero-order valence-corrected chi connectivity index (χ0v) is 19.7. The Labute approximate surface area is 183 Å². The molecule has 0 spiro atoms. The molecule has 27 heavy (non-hydrogen) atoms. The Balaban J connectivity index is 0.00000364. The van der Waals surface area contributed by atoms with Crippen LogP contribution in [0.4, 0.5) is 0 Å². The molecule has 2 aromatic heterocycles. The number of pyridine rings is 1. The number of aliphatic imine (C=N–C) groups is 1. The topological polar surface area (TPSA) is 71.4 Å². The highest BCUT2D eigenvalue weighted by molar-refractivity contribution is 14.0. The van der Waals surface area contributed by atoms with Crippen molar-refractivity contribution in [2.24, 2.45) is 4.99 Å². The van der Waals surface area contributed by atoms with E-state index in [2.05, 4.69) is 46.4 Å². The lowest BCUT2D eigenvalue weighted by molar-refractivity contribution is 0.294. The molecule has 0 radical (unpaired) electrons. The molecule has 0 amide bonds. The van der Waals surface area contributed by atoms with Gasteiger partial charge in [0, 0.05) is 23.2 Å². The Morgan fingerprint density at radius 2 is 2.07 bits per heavy atom. The van der Waals surface area contributed by atoms with Crippen molar-refractivity contribution in [2.75, 3.05) is 13.2 Å². The second-order valence-electron chi connectivity index (χ2n) is 5.97. The fraction of sp³-hybridized carbons (Fsp3) is 0.526. The number of unbranched alkanes of at least 4 members (excludes halogenated alkanes) is 1. The van der Waals surface area contributed by atoms with Crippen LogP contribution in [-0.4, -0.2) is 29.1 Å². The minimum Gasteiger partial charge on any atom is -0.477 e. The predicted molar refractivity (Wildman–Crippen MR) is 123 cm³/mol. The summed E-state index contributed by atoms with van der Waals surface area (Å²) in [6.45, 7) is 11.0. The third kappa shape index (κ3) is 8.00. The van der Waals surface area contributed by atoms with E-state index >= 15 is 0 Å². The van der Waals surface area contributed by atoms with Gasteiger partial charge in [-0.2, -0.15) is 0 Å². The maximum atomic E-state index is 5.79. The number of ether oxygens (including phenoxy) is 1. The summed E-state index contributed by atoms with van der Waals surface area (Å²) >= 11 is 1.72. The Hall–Kier alpha value is -1.42. The Kier molecular flexibility index (Phi) is 11.3. The summed E-state index contributed by atoms with van der Waals surface area (Å²) in [6, 6.07) is 3.92. The number of hydrogen-bond donors (Lipinski definition) is 2. The van der Waals surface area contributed by atoms with Gasteiger partial charge in [-0.1, -0.05) is 19.4 Å². The van der Waals surface area contributed by atoms with Gasteiger partial charge in [-0.15, -0.1) is 35.3 Å². The molecular formula is C19H30IN5OS. The Bertz CT molecular complexity index is 700. The van der Waals surface area contributed by atoms with Crippen molar-refractivity contribution in [2.45, 2.75) is 53.6 Å². The van der Waals surface area contributed by atoms with Crippen LogP contribution >= 0.6 is 35.3 Å². The lowest BCUT2D eigenvalue weighted by Gasteiger charge is -2.11. The lowest BCUT2D eigenvalue weighted by Crippen LogP contribution is -2.36. The van der Waals surface area contributed by atoms with Crippen molar-refractivity contribution >= 4 is 41.3 Å². The van der Waals surface area contributed by atoms with E-state index < -0.39 is 0 Å². The third-order valence-corrected chi connectivity index (χ3v) is 4.89. The third-order valence-electron chi connectivity index (χ3n) is 3.82. The predicted octanol–water partition coefficient (Wildman–Crippen LogP) is 4.21. The first-order valence-corrected chi connectivity index (χ1v) is 9.97. The molecule has 0 saturated carbocycles. The summed E-state index contributed by atoms with van der Waals surface area (Å²) in [7, 11) is 0. The summed E-state index contributed by atoms with van der Waals surface area (Å²) < 4.78 is 5.79. The first-order chi connectivity index (χ1) is 12.6. The molecule has 0 aromatic carbocycles. The average molecular weight is 503 g/mol. The number of rotatable bonds is 9. The Morgan fingerprint density at radius 1 is 1.26 bits per heavy atom. The van der Waals surface area contributed by atoms with Gasteiger partial charge in [0.05, 0.1) is 25.4 Å². The van der Waals surface area contributed by atoms with E-state index in [0.717, 1.165) is 41.6 Å². The number of guanidine groups is 1. The molecule has 0 unspecified atom stereocenters. The van der Waals surface area contributed by atoms with E-state index in [1.54, 1.807) is 17.5 Å². The van der Waals surface area contributed by atoms with Gasteiger partial charge < -0.3 is 15.4 Å². The van der Waals surface area contributed by atoms with Crippen LogP contribution in [0.2, 0.25) is 0 Å². The van der Waals surface area contributed by atoms with Crippen LogP contribution in [-0.2, 0) is 13.1 Å². The number of nitrogens with zero attached hydrogens (tertiary/aromatic N) is 3. The van der Waals surface area contributed by atoms with Gasteiger partial charge in [-0.05, 0) is 33.3 Å². The van der Waals surface area contributed by atoms with Crippen molar-refractivity contribution in [1.82, 2.24) is 20.6 Å². The summed E-state index contributed by atoms with van der Waals surface area (Å²) in [6.07, 6.45) is 3.88. The Morgan fingerprint density at radius 3 is 2.74 bits per heavy atom. The molecule has 6 nitrogen and oxygen atoms in total. The molecule has 0 bridgehead atoms. The second kappa shape index (κ2) is 12.9. The van der Waals surface area contributed by atoms with E-state index in [1.165, 1.54) is 4.88 Å². The second-order valence-corrected chi connectivity index (χ2v) is 7.26. The number of hydrogen-bond acceptors (Lipinski definition) is 5. The van der Waals surface area contributed by atoms with E-state index in [9.17, 15) is 0 Å². The first kappa shape index (κ1) is 23.6. The maximum absolute atomic E-state index is 5.79. The SMILES string of the molecule is CCCCOc1ncccc1CN=C(NCC)NCc1nc(C)c(C)s1.I. The molecule has 2 heterocycles. The molecule has 2 aromatic rings. The van der Waals surface area contributed by atoms with Crippen LogP contribution in [0.1, 0.15) is 47.8 Å². The summed E-state index contributed by atoms with van der Waals surface area (Å²) in [5.41, 5.74) is 2.08. The highest BCUT2D eigenvalue weighted by Crippen LogP contribution is 2.17. The number of aromatic nitrogens is 2. The van der Waals surface area contributed by atoms with Crippen molar-refractivity contribution < 1.29 is 4.74 Å². The molecule has 0 fully saturated rings. The smallest absolute Gasteiger partial charge is 0.218 e. The van der Waals surface area contributed by atoms with Crippen LogP contribution in [0.15, 0.2) is 23.3 Å². The van der Waals surface area contributed by atoms with Gasteiger partial charge in [-0.3, -0.25) is 0 Å². The van der Waals surface area contributed by atoms with Crippen LogP contribution in [0.3, 0.4) is 0 Å². The number of halogens is 1. The molecule has 0 aliphatic carbocycles. The van der Waals surface area contributed by atoms with Crippen LogP contribution in [0, 0.1) is 13.8 Å². The van der Waals surface area contributed by atoms with Gasteiger partial charge >= 0.3 is 0 Å². The molecule has 0 aliphatic heterocycles. The summed E-state index contributed by atoms with van der Waals surface area (Å²) in [4.78, 5) is 14.8. The van der Waals surface area contributed by atoms with Crippen molar-refractivity contribution in [3.8, 4) is 5.88 Å². The molecule has 8 heteroatoms. The van der Waals surface area contributed by atoms with Gasteiger partial charge in [-0.25, -0.2) is 15.0 Å². The molecule has 0 aliphatic rings. The fourth-order valence-corrected chi connectivity index (χ4v) is 3.14. The van der Waals surface area contributed by atoms with E-state index in [4.69, 9.17) is 4.74 Å². The number of thiazole rings is 1. The maximum Gasteiger partial charge on any atom is 0.218 e.